The third-order valence-electron chi connectivity index (χ3n) is 6.51. The smallest absolute Gasteiger partial charge is 0.336 e. The molecular formula is C28H32N2O6. The van der Waals surface area contributed by atoms with Gasteiger partial charge < -0.3 is 24.0 Å². The molecule has 0 bridgehead atoms. The second-order valence-electron chi connectivity index (χ2n) is 8.79. The maximum atomic E-state index is 13.2. The minimum absolute atomic E-state index is 0.0755. The van der Waals surface area contributed by atoms with E-state index in [0.29, 0.717) is 49.9 Å². The molecule has 2 aliphatic heterocycles. The van der Waals surface area contributed by atoms with E-state index in [1.165, 1.54) is 4.90 Å². The number of esters is 1. The number of carbonyl (C=O) groups excluding carboxylic acids is 3. The zero-order chi connectivity index (χ0) is 25.5. The summed E-state index contributed by atoms with van der Waals surface area (Å²) >= 11 is 0. The number of hydrogen-bond acceptors (Lipinski definition) is 6. The molecule has 0 saturated carbocycles. The number of morpholine rings is 1. The van der Waals surface area contributed by atoms with Crippen LogP contribution in [0.1, 0.15) is 37.3 Å². The van der Waals surface area contributed by atoms with Crippen LogP contribution >= 0.6 is 0 Å². The van der Waals surface area contributed by atoms with E-state index < -0.39 is 11.9 Å². The van der Waals surface area contributed by atoms with E-state index in [4.69, 9.17) is 14.2 Å². The molecule has 0 aromatic heterocycles. The highest BCUT2D eigenvalue weighted by molar-refractivity contribution is 5.97. The van der Waals surface area contributed by atoms with Gasteiger partial charge in [-0.2, -0.15) is 0 Å². The van der Waals surface area contributed by atoms with Crippen LogP contribution in [0, 0.1) is 0 Å². The number of allylic oxidation sites excluding steroid dienone is 1. The molecule has 0 aliphatic carbocycles. The Morgan fingerprint density at radius 3 is 2.39 bits per heavy atom. The maximum absolute atomic E-state index is 13.2. The highest BCUT2D eigenvalue weighted by atomic mass is 16.5. The quantitative estimate of drug-likeness (QED) is 0.526. The molecule has 1 saturated heterocycles. The van der Waals surface area contributed by atoms with Crippen molar-refractivity contribution >= 4 is 17.8 Å². The van der Waals surface area contributed by atoms with Crippen molar-refractivity contribution in [2.24, 2.45) is 0 Å². The lowest BCUT2D eigenvalue weighted by molar-refractivity contribution is -0.144. The largest absolute Gasteiger partial charge is 0.489 e. The van der Waals surface area contributed by atoms with Gasteiger partial charge in [0, 0.05) is 31.1 Å². The number of nitrogens with zero attached hydrogens (tertiary/aromatic N) is 2. The van der Waals surface area contributed by atoms with Crippen LogP contribution in [0.5, 0.6) is 5.75 Å². The predicted molar refractivity (Wildman–Crippen MR) is 133 cm³/mol. The summed E-state index contributed by atoms with van der Waals surface area (Å²) in [7, 11) is 0. The molecule has 2 aromatic rings. The summed E-state index contributed by atoms with van der Waals surface area (Å²) in [4.78, 5) is 42.1. The number of benzene rings is 2. The van der Waals surface area contributed by atoms with Gasteiger partial charge in [-0.3, -0.25) is 9.59 Å². The van der Waals surface area contributed by atoms with Crippen molar-refractivity contribution in [2.45, 2.75) is 32.8 Å². The fraction of sp³-hybridized carbons (Fsp3) is 0.393. The van der Waals surface area contributed by atoms with Crippen LogP contribution in [-0.2, 0) is 30.5 Å². The Kier molecular flexibility index (Phi) is 8.38. The number of amides is 2. The lowest BCUT2D eigenvalue weighted by atomic mass is 9.83. The highest BCUT2D eigenvalue weighted by Gasteiger charge is 2.38. The summed E-state index contributed by atoms with van der Waals surface area (Å²) in [6.45, 7) is 5.97. The van der Waals surface area contributed by atoms with Crippen molar-refractivity contribution in [1.82, 2.24) is 9.80 Å². The molecule has 0 spiro atoms. The molecule has 0 radical (unpaired) electrons. The summed E-state index contributed by atoms with van der Waals surface area (Å²) in [6, 6.07) is 17.3. The first kappa shape index (κ1) is 25.4. The van der Waals surface area contributed by atoms with Crippen LogP contribution < -0.4 is 4.74 Å². The van der Waals surface area contributed by atoms with E-state index >= 15 is 0 Å². The maximum Gasteiger partial charge on any atom is 0.336 e. The molecule has 1 atom stereocenters. The van der Waals surface area contributed by atoms with Crippen LogP contribution in [0.2, 0.25) is 0 Å². The normalized spacial score (nSPS) is 18.3. The van der Waals surface area contributed by atoms with Crippen LogP contribution in [0.25, 0.3) is 0 Å². The van der Waals surface area contributed by atoms with E-state index in [9.17, 15) is 14.4 Å². The fourth-order valence-corrected chi connectivity index (χ4v) is 4.55. The third kappa shape index (κ3) is 5.94. The van der Waals surface area contributed by atoms with Crippen LogP contribution in [0.15, 0.2) is 65.9 Å². The monoisotopic (exact) mass is 492 g/mol. The second-order valence-corrected chi connectivity index (χ2v) is 8.79. The molecule has 1 unspecified atom stereocenters. The van der Waals surface area contributed by atoms with Crippen LogP contribution in [0.4, 0.5) is 0 Å². The van der Waals surface area contributed by atoms with Gasteiger partial charge in [-0.25, -0.2) is 4.79 Å². The molecule has 2 heterocycles. The number of rotatable bonds is 8. The summed E-state index contributed by atoms with van der Waals surface area (Å²) in [5.74, 6) is -0.597. The standard InChI is InChI=1S/C28H32N2O6/c1-3-35-28(33)27-20(2)30(18-26(32)29-13-15-34-16-14-29)25(31)17-24(27)22-9-11-23(12-10-22)36-19-21-7-5-4-6-8-21/h4-12,24H,3,13-19H2,1-2H3. The van der Waals surface area contributed by atoms with E-state index in [2.05, 4.69) is 0 Å². The van der Waals surface area contributed by atoms with Gasteiger partial charge in [-0.05, 0) is 37.1 Å². The first-order valence-corrected chi connectivity index (χ1v) is 12.3. The minimum atomic E-state index is -0.472. The fourth-order valence-electron chi connectivity index (χ4n) is 4.55. The number of ether oxygens (including phenoxy) is 3. The predicted octanol–water partition coefficient (Wildman–Crippen LogP) is 3.28. The van der Waals surface area contributed by atoms with Gasteiger partial charge in [0.2, 0.25) is 11.8 Å². The van der Waals surface area contributed by atoms with Crippen molar-refractivity contribution in [3.8, 4) is 5.75 Å². The molecule has 2 amide bonds. The Morgan fingerprint density at radius 1 is 1.03 bits per heavy atom. The van der Waals surface area contributed by atoms with Gasteiger partial charge in [0.1, 0.15) is 18.9 Å². The lowest BCUT2D eigenvalue weighted by Crippen LogP contribution is -2.48. The SMILES string of the molecule is CCOC(=O)C1=C(C)N(CC(=O)N2CCOCC2)C(=O)CC1c1ccc(OCc2ccccc2)cc1. The first-order chi connectivity index (χ1) is 17.5. The Morgan fingerprint density at radius 2 is 1.72 bits per heavy atom. The second kappa shape index (κ2) is 11.9. The summed E-state index contributed by atoms with van der Waals surface area (Å²) in [6.07, 6.45) is 0.0755. The van der Waals surface area contributed by atoms with E-state index in [1.54, 1.807) is 18.7 Å². The van der Waals surface area contributed by atoms with Crippen molar-refractivity contribution in [1.29, 1.82) is 0 Å². The van der Waals surface area contributed by atoms with Gasteiger partial charge in [0.25, 0.3) is 0 Å². The molecule has 8 nitrogen and oxygen atoms in total. The van der Waals surface area contributed by atoms with Gasteiger partial charge >= 0.3 is 5.97 Å². The van der Waals surface area contributed by atoms with Gasteiger partial charge in [0.05, 0.1) is 25.4 Å². The molecule has 2 aliphatic rings. The number of carbonyl (C=O) groups is 3. The van der Waals surface area contributed by atoms with Crippen molar-refractivity contribution in [3.05, 3.63) is 77.0 Å². The average molecular weight is 493 g/mol. The van der Waals surface area contributed by atoms with Crippen molar-refractivity contribution in [3.63, 3.8) is 0 Å². The highest BCUT2D eigenvalue weighted by Crippen LogP contribution is 2.37. The lowest BCUT2D eigenvalue weighted by Gasteiger charge is -2.36. The van der Waals surface area contributed by atoms with Crippen LogP contribution in [0.3, 0.4) is 0 Å². The number of hydrogen-bond donors (Lipinski definition) is 0. The summed E-state index contributed by atoms with van der Waals surface area (Å²) in [5, 5.41) is 0. The summed E-state index contributed by atoms with van der Waals surface area (Å²) in [5.41, 5.74) is 2.75. The Balaban J connectivity index is 1.54. The zero-order valence-electron chi connectivity index (χ0n) is 20.8. The molecule has 0 N–H and O–H groups in total. The molecule has 36 heavy (non-hydrogen) atoms. The minimum Gasteiger partial charge on any atom is -0.489 e. The average Bonchev–Trinajstić information content (AvgIpc) is 2.91. The van der Waals surface area contributed by atoms with E-state index in [-0.39, 0.29) is 31.4 Å². The van der Waals surface area contributed by atoms with Crippen molar-refractivity contribution in [2.75, 3.05) is 39.5 Å². The third-order valence-corrected chi connectivity index (χ3v) is 6.51. The molecule has 190 valence electrons. The molecule has 1 fully saturated rings. The van der Waals surface area contributed by atoms with Crippen molar-refractivity contribution < 1.29 is 28.6 Å². The van der Waals surface area contributed by atoms with E-state index in [0.717, 1.165) is 11.1 Å². The summed E-state index contributed by atoms with van der Waals surface area (Å²) < 4.78 is 16.5. The Labute approximate surface area is 211 Å². The molecule has 2 aromatic carbocycles. The Bertz CT molecular complexity index is 1110. The van der Waals surface area contributed by atoms with Gasteiger partial charge in [-0.15, -0.1) is 0 Å². The van der Waals surface area contributed by atoms with E-state index in [1.807, 2.05) is 54.6 Å². The molecular weight excluding hydrogens is 460 g/mol. The molecule has 8 heteroatoms. The Hall–Kier alpha value is -3.65. The van der Waals surface area contributed by atoms with Gasteiger partial charge in [-0.1, -0.05) is 42.5 Å². The van der Waals surface area contributed by atoms with Crippen LogP contribution in [-0.4, -0.2) is 67.0 Å². The zero-order valence-corrected chi connectivity index (χ0v) is 20.8. The van der Waals surface area contributed by atoms with Gasteiger partial charge in [0.15, 0.2) is 0 Å². The first-order valence-electron chi connectivity index (χ1n) is 12.3. The topological polar surface area (TPSA) is 85.4 Å². The molecule has 4 rings (SSSR count).